The van der Waals surface area contributed by atoms with E-state index in [2.05, 4.69) is 9.46 Å². The van der Waals surface area contributed by atoms with Gasteiger partial charge in [0.25, 0.3) is 0 Å². The topological polar surface area (TPSA) is 92.8 Å². The van der Waals surface area contributed by atoms with E-state index in [9.17, 15) is 18.0 Å². The predicted octanol–water partition coefficient (Wildman–Crippen LogP) is 0.600. The molecule has 0 atom stereocenters. The number of carbonyl (C=O) groups excluding carboxylic acids is 2. The molecule has 0 saturated carbocycles. The van der Waals surface area contributed by atoms with Gasteiger partial charge in [0, 0.05) is 27.1 Å². The van der Waals surface area contributed by atoms with Gasteiger partial charge in [-0.25, -0.2) is 17.9 Å². The van der Waals surface area contributed by atoms with E-state index in [0.717, 1.165) is 11.3 Å². The molecule has 7 nitrogen and oxygen atoms in total. The second-order valence-corrected chi connectivity index (χ2v) is 7.09. The highest BCUT2D eigenvalue weighted by Crippen LogP contribution is 2.27. The van der Waals surface area contributed by atoms with Gasteiger partial charge in [0.05, 0.1) is 7.11 Å². The highest BCUT2D eigenvalue weighted by molar-refractivity contribution is 7.89. The quantitative estimate of drug-likeness (QED) is 0.769. The van der Waals surface area contributed by atoms with E-state index in [0.29, 0.717) is 5.56 Å². The fourth-order valence-electron chi connectivity index (χ4n) is 1.59. The molecule has 0 spiro atoms. The Labute approximate surface area is 127 Å². The number of ether oxygens (including phenoxy) is 1. The van der Waals surface area contributed by atoms with Gasteiger partial charge in [-0.15, -0.1) is 11.3 Å². The number of methoxy groups -OCH3 is 1. The number of carbonyl (C=O) groups is 2. The van der Waals surface area contributed by atoms with Crippen molar-refractivity contribution in [3.05, 3.63) is 15.8 Å². The molecule has 1 aromatic rings. The lowest BCUT2D eigenvalue weighted by atomic mass is 10.3. The van der Waals surface area contributed by atoms with Crippen molar-refractivity contribution in [1.82, 2.24) is 9.62 Å². The lowest BCUT2D eigenvalue weighted by Gasteiger charge is -2.11. The summed E-state index contributed by atoms with van der Waals surface area (Å²) in [4.78, 5) is 24.3. The van der Waals surface area contributed by atoms with Crippen LogP contribution in [0.3, 0.4) is 0 Å². The molecule has 0 aliphatic rings. The van der Waals surface area contributed by atoms with Crippen molar-refractivity contribution in [1.29, 1.82) is 0 Å². The molecule has 1 heterocycles. The van der Waals surface area contributed by atoms with Crippen LogP contribution in [0.2, 0.25) is 0 Å². The summed E-state index contributed by atoms with van der Waals surface area (Å²) in [5.74, 6) is -0.884. The maximum absolute atomic E-state index is 12.3. The molecule has 0 saturated heterocycles. The summed E-state index contributed by atoms with van der Waals surface area (Å²) in [5.41, 5.74) is 0.465. The number of hydrogen-bond acceptors (Lipinski definition) is 6. The molecule has 0 aliphatic heterocycles. The van der Waals surface area contributed by atoms with Gasteiger partial charge in [-0.3, -0.25) is 4.79 Å². The maximum atomic E-state index is 12.3. The van der Waals surface area contributed by atoms with Crippen LogP contribution in [0.25, 0.3) is 0 Å². The third-order valence-corrected chi connectivity index (χ3v) is 5.54. The summed E-state index contributed by atoms with van der Waals surface area (Å²) in [6.07, 6.45) is 0.0446. The summed E-state index contributed by atoms with van der Waals surface area (Å²) in [6.45, 7) is 1.57. The van der Waals surface area contributed by atoms with E-state index in [1.165, 1.54) is 12.0 Å². The minimum Gasteiger partial charge on any atom is -0.465 e. The number of esters is 1. The Hall–Kier alpha value is -1.45. The molecular formula is C12H18N2O5S2. The number of hydrogen-bond donors (Lipinski definition) is 1. The molecule has 1 aromatic heterocycles. The van der Waals surface area contributed by atoms with E-state index in [1.54, 1.807) is 26.4 Å². The van der Waals surface area contributed by atoms with Crippen LogP contribution in [-0.4, -0.2) is 52.9 Å². The largest absolute Gasteiger partial charge is 0.465 e. The van der Waals surface area contributed by atoms with Crippen LogP contribution in [0.15, 0.2) is 10.3 Å². The van der Waals surface area contributed by atoms with Crippen LogP contribution in [0, 0.1) is 6.92 Å². The fraction of sp³-hybridized carbons (Fsp3) is 0.500. The van der Waals surface area contributed by atoms with Crippen LogP contribution in [0.5, 0.6) is 0 Å². The third kappa shape index (κ3) is 4.26. The normalized spacial score (nSPS) is 11.2. The smallest absolute Gasteiger partial charge is 0.349 e. The van der Waals surface area contributed by atoms with Crippen LogP contribution in [0.1, 0.15) is 21.7 Å². The van der Waals surface area contributed by atoms with Crippen LogP contribution in [-0.2, 0) is 19.6 Å². The first-order valence-corrected chi connectivity index (χ1v) is 8.43. The fourth-order valence-corrected chi connectivity index (χ4v) is 4.32. The van der Waals surface area contributed by atoms with Gasteiger partial charge in [-0.2, -0.15) is 0 Å². The summed E-state index contributed by atoms with van der Waals surface area (Å²) in [6, 6.07) is 0. The first kappa shape index (κ1) is 17.6. The molecule has 0 bridgehead atoms. The molecule has 9 heteroatoms. The second-order valence-electron chi connectivity index (χ2n) is 4.50. The highest BCUT2D eigenvalue weighted by Gasteiger charge is 2.27. The number of amides is 1. The van der Waals surface area contributed by atoms with Crippen molar-refractivity contribution >= 4 is 33.2 Å². The van der Waals surface area contributed by atoms with E-state index in [1.807, 2.05) is 0 Å². The van der Waals surface area contributed by atoms with Crippen molar-refractivity contribution in [3.63, 3.8) is 0 Å². The zero-order chi connectivity index (χ0) is 16.2. The Morgan fingerprint density at radius 3 is 2.52 bits per heavy atom. The zero-order valence-electron chi connectivity index (χ0n) is 12.3. The first-order chi connectivity index (χ1) is 9.70. The number of sulfonamides is 1. The molecular weight excluding hydrogens is 316 g/mol. The number of rotatable bonds is 6. The van der Waals surface area contributed by atoms with Crippen molar-refractivity contribution in [3.8, 4) is 0 Å². The maximum Gasteiger partial charge on any atom is 0.349 e. The average Bonchev–Trinajstić information content (AvgIpc) is 2.80. The van der Waals surface area contributed by atoms with Crippen LogP contribution in [0.4, 0.5) is 0 Å². The Balaban J connectivity index is 2.91. The van der Waals surface area contributed by atoms with Crippen LogP contribution >= 0.6 is 11.3 Å². The molecule has 0 unspecified atom stereocenters. The summed E-state index contributed by atoms with van der Waals surface area (Å²) < 4.78 is 31.4. The number of thiophene rings is 1. The second kappa shape index (κ2) is 7.01. The average molecular weight is 334 g/mol. The molecule has 0 aromatic carbocycles. The molecule has 1 N–H and O–H groups in total. The van der Waals surface area contributed by atoms with Gasteiger partial charge in [0.15, 0.2) is 0 Å². The van der Waals surface area contributed by atoms with Gasteiger partial charge in [0.1, 0.15) is 9.77 Å². The molecule has 0 fully saturated rings. The van der Waals surface area contributed by atoms with Crippen molar-refractivity contribution in [2.24, 2.45) is 0 Å². The van der Waals surface area contributed by atoms with Gasteiger partial charge in [0.2, 0.25) is 15.9 Å². The molecule has 0 aliphatic carbocycles. The summed E-state index contributed by atoms with van der Waals surface area (Å²) >= 11 is 1.01. The van der Waals surface area contributed by atoms with Crippen molar-refractivity contribution in [2.75, 3.05) is 27.7 Å². The number of nitrogens with one attached hydrogen (secondary N) is 1. The van der Waals surface area contributed by atoms with Crippen molar-refractivity contribution in [2.45, 2.75) is 18.2 Å². The Morgan fingerprint density at radius 2 is 2.00 bits per heavy atom. The Bertz CT molecular complexity index is 634. The first-order valence-electron chi connectivity index (χ1n) is 6.07. The highest BCUT2D eigenvalue weighted by atomic mass is 32.2. The molecule has 21 heavy (non-hydrogen) atoms. The lowest BCUT2D eigenvalue weighted by Crippen LogP contribution is -2.31. The third-order valence-electron chi connectivity index (χ3n) is 2.69. The van der Waals surface area contributed by atoms with Gasteiger partial charge >= 0.3 is 5.97 Å². The van der Waals surface area contributed by atoms with E-state index >= 15 is 0 Å². The molecule has 1 rings (SSSR count). The van der Waals surface area contributed by atoms with Crippen molar-refractivity contribution < 1.29 is 22.7 Å². The number of aryl methyl sites for hydroxylation is 1. The Kier molecular flexibility index (Phi) is 5.87. The molecule has 0 radical (unpaired) electrons. The minimum absolute atomic E-state index is 0.0291. The molecule has 118 valence electrons. The van der Waals surface area contributed by atoms with E-state index in [4.69, 9.17) is 0 Å². The van der Waals surface area contributed by atoms with E-state index in [-0.39, 0.29) is 28.6 Å². The van der Waals surface area contributed by atoms with E-state index < -0.39 is 16.0 Å². The minimum atomic E-state index is -3.87. The number of nitrogens with zero attached hydrogens (tertiary/aromatic N) is 1. The Morgan fingerprint density at radius 1 is 1.38 bits per heavy atom. The lowest BCUT2D eigenvalue weighted by molar-refractivity contribution is -0.128. The molecule has 1 amide bonds. The summed E-state index contributed by atoms with van der Waals surface area (Å²) in [7, 11) is 0.510. The van der Waals surface area contributed by atoms with Gasteiger partial charge in [-0.05, 0) is 17.9 Å². The monoisotopic (exact) mass is 334 g/mol. The zero-order valence-corrected chi connectivity index (χ0v) is 13.9. The van der Waals surface area contributed by atoms with Gasteiger partial charge < -0.3 is 9.64 Å². The standard InChI is InChI=1S/C12H18N2O5S2/c1-8-7-20-10(12(16)19-4)11(8)21(17,18)13-6-5-9(15)14(2)3/h7,13H,5-6H2,1-4H3. The SMILES string of the molecule is COC(=O)c1scc(C)c1S(=O)(=O)NCCC(=O)N(C)C. The van der Waals surface area contributed by atoms with Crippen LogP contribution < -0.4 is 4.72 Å². The van der Waals surface area contributed by atoms with Gasteiger partial charge in [-0.1, -0.05) is 0 Å². The summed E-state index contributed by atoms with van der Waals surface area (Å²) in [5, 5.41) is 1.58. The predicted molar refractivity (Wildman–Crippen MR) is 78.9 cm³/mol.